The molecule has 0 aromatic heterocycles. The standard InChI is InChI=1S/C19H22N2O2/c1-3-17(16-12-8-5-9-13-16)21-19(23)18(22)20-14(2)15-10-6-4-7-11-15/h4-14,17H,3H2,1-2H3,(H,20,22)(H,21,23)/t14-,17-/m0/s1. The molecule has 2 atom stereocenters. The molecule has 0 fully saturated rings. The second-order valence-corrected chi connectivity index (χ2v) is 5.45. The predicted octanol–water partition coefficient (Wildman–Crippen LogP) is 3.13. The lowest BCUT2D eigenvalue weighted by atomic mass is 10.0. The molecule has 0 bridgehead atoms. The van der Waals surface area contributed by atoms with Crippen molar-refractivity contribution in [1.29, 1.82) is 0 Å². The van der Waals surface area contributed by atoms with E-state index in [1.807, 2.05) is 74.5 Å². The van der Waals surface area contributed by atoms with Gasteiger partial charge in [-0.2, -0.15) is 0 Å². The fraction of sp³-hybridized carbons (Fsp3) is 0.263. The maximum Gasteiger partial charge on any atom is 0.309 e. The van der Waals surface area contributed by atoms with E-state index >= 15 is 0 Å². The molecular formula is C19H22N2O2. The van der Waals surface area contributed by atoms with Crippen LogP contribution in [0.1, 0.15) is 43.5 Å². The minimum atomic E-state index is -0.615. The van der Waals surface area contributed by atoms with E-state index in [-0.39, 0.29) is 12.1 Å². The molecule has 4 heteroatoms. The van der Waals surface area contributed by atoms with Gasteiger partial charge in [0.25, 0.3) is 0 Å². The molecule has 2 amide bonds. The van der Waals surface area contributed by atoms with Crippen LogP contribution in [0.5, 0.6) is 0 Å². The first kappa shape index (κ1) is 16.7. The highest BCUT2D eigenvalue weighted by atomic mass is 16.2. The van der Waals surface area contributed by atoms with Gasteiger partial charge in [0.15, 0.2) is 0 Å². The fourth-order valence-electron chi connectivity index (χ4n) is 2.42. The molecule has 0 heterocycles. The summed E-state index contributed by atoms with van der Waals surface area (Å²) in [4.78, 5) is 24.2. The van der Waals surface area contributed by atoms with E-state index in [1.54, 1.807) is 0 Å². The van der Waals surface area contributed by atoms with Crippen LogP contribution in [0.4, 0.5) is 0 Å². The van der Waals surface area contributed by atoms with Crippen molar-refractivity contribution in [3.05, 3.63) is 71.8 Å². The third-order valence-electron chi connectivity index (χ3n) is 3.77. The Balaban J connectivity index is 1.95. The average Bonchev–Trinajstić information content (AvgIpc) is 2.60. The zero-order valence-corrected chi connectivity index (χ0v) is 13.5. The third kappa shape index (κ3) is 4.68. The summed E-state index contributed by atoms with van der Waals surface area (Å²) in [5.74, 6) is -1.22. The predicted molar refractivity (Wildman–Crippen MR) is 90.6 cm³/mol. The highest BCUT2D eigenvalue weighted by Crippen LogP contribution is 2.16. The van der Waals surface area contributed by atoms with Crippen molar-refractivity contribution in [2.24, 2.45) is 0 Å². The van der Waals surface area contributed by atoms with E-state index in [2.05, 4.69) is 10.6 Å². The summed E-state index contributed by atoms with van der Waals surface area (Å²) < 4.78 is 0. The Morgan fingerprint density at radius 2 is 1.30 bits per heavy atom. The summed E-state index contributed by atoms with van der Waals surface area (Å²) in [5, 5.41) is 5.51. The summed E-state index contributed by atoms with van der Waals surface area (Å²) in [7, 11) is 0. The average molecular weight is 310 g/mol. The van der Waals surface area contributed by atoms with Crippen LogP contribution < -0.4 is 10.6 Å². The van der Waals surface area contributed by atoms with Gasteiger partial charge in [-0.1, -0.05) is 67.6 Å². The second-order valence-electron chi connectivity index (χ2n) is 5.45. The molecule has 0 radical (unpaired) electrons. The largest absolute Gasteiger partial charge is 0.341 e. The number of carbonyl (C=O) groups is 2. The Labute approximate surface area is 136 Å². The van der Waals surface area contributed by atoms with Crippen LogP contribution in [0.25, 0.3) is 0 Å². The topological polar surface area (TPSA) is 58.2 Å². The van der Waals surface area contributed by atoms with Crippen molar-refractivity contribution in [1.82, 2.24) is 10.6 Å². The second kappa shape index (κ2) is 8.13. The molecule has 0 unspecified atom stereocenters. The van der Waals surface area contributed by atoms with Gasteiger partial charge in [-0.25, -0.2) is 0 Å². The van der Waals surface area contributed by atoms with Crippen molar-refractivity contribution >= 4 is 11.8 Å². The molecule has 0 aliphatic heterocycles. The molecule has 120 valence electrons. The quantitative estimate of drug-likeness (QED) is 0.834. The van der Waals surface area contributed by atoms with Crippen LogP contribution in [-0.4, -0.2) is 11.8 Å². The number of benzene rings is 2. The lowest BCUT2D eigenvalue weighted by Crippen LogP contribution is -2.42. The number of nitrogens with one attached hydrogen (secondary N) is 2. The Morgan fingerprint density at radius 1 is 0.826 bits per heavy atom. The summed E-state index contributed by atoms with van der Waals surface area (Å²) >= 11 is 0. The molecule has 2 N–H and O–H groups in total. The Bertz CT molecular complexity index is 641. The molecule has 4 nitrogen and oxygen atoms in total. The zero-order valence-electron chi connectivity index (χ0n) is 13.5. The van der Waals surface area contributed by atoms with Gasteiger partial charge in [-0.05, 0) is 24.5 Å². The first-order valence-corrected chi connectivity index (χ1v) is 7.83. The molecule has 23 heavy (non-hydrogen) atoms. The molecular weight excluding hydrogens is 288 g/mol. The maximum absolute atomic E-state index is 12.1. The van der Waals surface area contributed by atoms with Crippen LogP contribution >= 0.6 is 0 Å². The molecule has 0 saturated heterocycles. The monoisotopic (exact) mass is 310 g/mol. The van der Waals surface area contributed by atoms with Crippen molar-refractivity contribution in [2.45, 2.75) is 32.4 Å². The summed E-state index contributed by atoms with van der Waals surface area (Å²) in [6.45, 7) is 3.83. The van der Waals surface area contributed by atoms with E-state index in [9.17, 15) is 9.59 Å². The van der Waals surface area contributed by atoms with Gasteiger partial charge in [0.2, 0.25) is 0 Å². The third-order valence-corrected chi connectivity index (χ3v) is 3.77. The fourth-order valence-corrected chi connectivity index (χ4v) is 2.42. The van der Waals surface area contributed by atoms with Crippen molar-refractivity contribution in [2.75, 3.05) is 0 Å². The molecule has 0 spiro atoms. The number of amides is 2. The van der Waals surface area contributed by atoms with Gasteiger partial charge < -0.3 is 10.6 Å². The number of hydrogen-bond acceptors (Lipinski definition) is 2. The molecule has 0 saturated carbocycles. The first-order chi connectivity index (χ1) is 11.1. The highest BCUT2D eigenvalue weighted by molar-refractivity contribution is 6.35. The Morgan fingerprint density at radius 3 is 1.83 bits per heavy atom. The Kier molecular flexibility index (Phi) is 5.92. The number of hydrogen-bond donors (Lipinski definition) is 2. The molecule has 2 aromatic carbocycles. The van der Waals surface area contributed by atoms with Crippen LogP contribution in [0.2, 0.25) is 0 Å². The van der Waals surface area contributed by atoms with Gasteiger partial charge in [-0.15, -0.1) is 0 Å². The molecule has 2 rings (SSSR count). The van der Waals surface area contributed by atoms with E-state index in [4.69, 9.17) is 0 Å². The normalized spacial score (nSPS) is 13.0. The van der Waals surface area contributed by atoms with Crippen LogP contribution in [0.3, 0.4) is 0 Å². The van der Waals surface area contributed by atoms with Crippen LogP contribution in [0.15, 0.2) is 60.7 Å². The lowest BCUT2D eigenvalue weighted by Gasteiger charge is -2.18. The van der Waals surface area contributed by atoms with Gasteiger partial charge in [0.05, 0.1) is 12.1 Å². The van der Waals surface area contributed by atoms with E-state index < -0.39 is 11.8 Å². The smallest absolute Gasteiger partial charge is 0.309 e. The lowest BCUT2D eigenvalue weighted by molar-refractivity contribution is -0.140. The minimum absolute atomic E-state index is 0.165. The van der Waals surface area contributed by atoms with E-state index in [0.717, 1.165) is 17.5 Å². The van der Waals surface area contributed by atoms with Crippen LogP contribution in [0, 0.1) is 0 Å². The molecule has 0 aliphatic carbocycles. The Hall–Kier alpha value is -2.62. The zero-order chi connectivity index (χ0) is 16.7. The van der Waals surface area contributed by atoms with Crippen molar-refractivity contribution in [3.8, 4) is 0 Å². The van der Waals surface area contributed by atoms with Gasteiger partial charge in [-0.3, -0.25) is 9.59 Å². The van der Waals surface area contributed by atoms with Crippen molar-refractivity contribution < 1.29 is 9.59 Å². The van der Waals surface area contributed by atoms with Gasteiger partial charge >= 0.3 is 11.8 Å². The summed E-state index contributed by atoms with van der Waals surface area (Å²) in [6, 6.07) is 18.8. The van der Waals surface area contributed by atoms with E-state index in [0.29, 0.717) is 0 Å². The highest BCUT2D eigenvalue weighted by Gasteiger charge is 2.20. The summed E-state index contributed by atoms with van der Waals surface area (Å²) in [5.41, 5.74) is 1.95. The van der Waals surface area contributed by atoms with Gasteiger partial charge in [0, 0.05) is 0 Å². The van der Waals surface area contributed by atoms with Crippen LogP contribution in [-0.2, 0) is 9.59 Å². The van der Waals surface area contributed by atoms with Crippen molar-refractivity contribution in [3.63, 3.8) is 0 Å². The number of carbonyl (C=O) groups excluding carboxylic acids is 2. The number of rotatable bonds is 5. The minimum Gasteiger partial charge on any atom is -0.341 e. The van der Waals surface area contributed by atoms with Gasteiger partial charge in [0.1, 0.15) is 0 Å². The molecule has 0 aliphatic rings. The maximum atomic E-state index is 12.1. The molecule has 2 aromatic rings. The first-order valence-electron chi connectivity index (χ1n) is 7.83. The SMILES string of the molecule is CC[C@H](NC(=O)C(=O)N[C@@H](C)c1ccccc1)c1ccccc1. The summed E-state index contributed by atoms with van der Waals surface area (Å²) in [6.07, 6.45) is 0.720. The van der Waals surface area contributed by atoms with E-state index in [1.165, 1.54) is 0 Å².